The molecule has 0 rings (SSSR count). The van der Waals surface area contributed by atoms with Gasteiger partial charge in [0.05, 0.1) is 0 Å². The summed E-state index contributed by atoms with van der Waals surface area (Å²) < 4.78 is 0. The van der Waals surface area contributed by atoms with Gasteiger partial charge in [-0.3, -0.25) is 20.2 Å². The highest BCUT2D eigenvalue weighted by Gasteiger charge is 1.99. The van der Waals surface area contributed by atoms with E-state index in [1.165, 1.54) is 0 Å². The fourth-order valence-corrected chi connectivity index (χ4v) is 0. The Labute approximate surface area is 58.1 Å². The molecule has 0 aliphatic rings. The summed E-state index contributed by atoms with van der Waals surface area (Å²) in [5, 5.41) is 18.3. The lowest BCUT2D eigenvalue weighted by atomic mass is 10.4. The average molecular weight is 150 g/mol. The van der Waals surface area contributed by atoms with E-state index in [0.717, 1.165) is 7.05 Å². The van der Waals surface area contributed by atoms with Crippen LogP contribution in [-0.2, 0) is 0 Å². The molecule has 0 N–H and O–H groups in total. The smallest absolute Gasteiger partial charge is 0.207 e. The highest BCUT2D eigenvalue weighted by molar-refractivity contribution is 4.28. The molecule has 0 amide bonds. The van der Waals surface area contributed by atoms with Crippen LogP contribution >= 0.6 is 0 Å². The Bertz CT molecular complexity index is 118. The molecule has 0 bridgehead atoms. The first-order valence-corrected chi connectivity index (χ1v) is 2.59. The van der Waals surface area contributed by atoms with Crippen molar-refractivity contribution in [3.8, 4) is 0 Å². The van der Waals surface area contributed by atoms with Gasteiger partial charge in [-0.1, -0.05) is 0 Å². The molecule has 6 nitrogen and oxygen atoms in total. The third-order valence-corrected chi connectivity index (χ3v) is 0.422. The van der Waals surface area contributed by atoms with Gasteiger partial charge in [0.25, 0.3) is 0 Å². The van der Waals surface area contributed by atoms with Gasteiger partial charge in [-0.2, -0.15) is 0 Å². The van der Waals surface area contributed by atoms with Crippen LogP contribution in [0.5, 0.6) is 0 Å². The molecule has 0 atom stereocenters. The molecular formula is C4H10N2O4. The molecule has 0 aromatic rings. The van der Waals surface area contributed by atoms with E-state index in [0.29, 0.717) is 0 Å². The Morgan fingerprint density at radius 2 is 1.30 bits per heavy atom. The van der Waals surface area contributed by atoms with Gasteiger partial charge in [0.2, 0.25) is 6.04 Å². The van der Waals surface area contributed by atoms with E-state index < -0.39 is 11.0 Å². The standard InChI is InChI=1S/C3H7NO2.CH3NO2/c1-3(2)4(5)6;1-2(3)4/h3H,1-2H3;1H3. The second-order valence-electron chi connectivity index (χ2n) is 1.82. The molecule has 0 radical (unpaired) electrons. The van der Waals surface area contributed by atoms with Crippen molar-refractivity contribution in [1.29, 1.82) is 0 Å². The van der Waals surface area contributed by atoms with Gasteiger partial charge in [-0.05, 0) is 0 Å². The Kier molecular flexibility index (Phi) is 6.86. The Hall–Kier alpha value is -1.20. The molecule has 0 aromatic carbocycles. The highest BCUT2D eigenvalue weighted by Crippen LogP contribution is 1.79. The van der Waals surface area contributed by atoms with Crippen molar-refractivity contribution < 1.29 is 9.85 Å². The summed E-state index contributed by atoms with van der Waals surface area (Å²) in [4.78, 5) is 17.5. The lowest BCUT2D eigenvalue weighted by molar-refractivity contribution is -0.513. The van der Waals surface area contributed by atoms with Gasteiger partial charge in [0.1, 0.15) is 0 Å². The zero-order valence-electron chi connectivity index (χ0n) is 6.10. The molecular weight excluding hydrogens is 140 g/mol. The van der Waals surface area contributed by atoms with Crippen LogP contribution in [0.4, 0.5) is 0 Å². The summed E-state index contributed by atoms with van der Waals surface area (Å²) in [7, 11) is 0.889. The van der Waals surface area contributed by atoms with Crippen molar-refractivity contribution in [2.24, 2.45) is 0 Å². The lowest BCUT2D eigenvalue weighted by Crippen LogP contribution is -2.08. The monoisotopic (exact) mass is 150 g/mol. The van der Waals surface area contributed by atoms with Gasteiger partial charge < -0.3 is 0 Å². The number of rotatable bonds is 1. The van der Waals surface area contributed by atoms with Crippen LogP contribution in [0, 0.1) is 20.2 Å². The zero-order chi connectivity index (χ0) is 8.73. The van der Waals surface area contributed by atoms with Crippen LogP contribution in [0.15, 0.2) is 0 Å². The molecule has 6 heteroatoms. The van der Waals surface area contributed by atoms with Crippen LogP contribution in [0.3, 0.4) is 0 Å². The molecule has 0 fully saturated rings. The van der Waals surface area contributed by atoms with Crippen molar-refractivity contribution >= 4 is 0 Å². The highest BCUT2D eigenvalue weighted by atomic mass is 16.6. The Balaban J connectivity index is 0. The van der Waals surface area contributed by atoms with E-state index in [2.05, 4.69) is 0 Å². The average Bonchev–Trinajstić information content (AvgIpc) is 1.63. The molecule has 0 unspecified atom stereocenters. The molecule has 0 aromatic heterocycles. The molecule has 0 aliphatic carbocycles. The molecule has 0 saturated heterocycles. The fourth-order valence-electron chi connectivity index (χ4n) is 0. The van der Waals surface area contributed by atoms with Gasteiger partial charge in [-0.15, -0.1) is 0 Å². The van der Waals surface area contributed by atoms with E-state index in [9.17, 15) is 10.1 Å². The molecule has 10 heavy (non-hydrogen) atoms. The van der Waals surface area contributed by atoms with Crippen LogP contribution in [-0.4, -0.2) is 22.9 Å². The van der Waals surface area contributed by atoms with Crippen molar-refractivity contribution in [3.63, 3.8) is 0 Å². The summed E-state index contributed by atoms with van der Waals surface area (Å²) in [5.41, 5.74) is 0. The predicted molar refractivity (Wildman–Crippen MR) is 35.0 cm³/mol. The minimum absolute atomic E-state index is 0.333. The number of nitrogens with zero attached hydrogens (tertiary/aromatic N) is 2. The quantitative estimate of drug-likeness (QED) is 0.403. The summed E-state index contributed by atoms with van der Waals surface area (Å²) in [6.07, 6.45) is 0. The first-order chi connectivity index (χ1) is 4.37. The summed E-state index contributed by atoms with van der Waals surface area (Å²) in [5.74, 6) is 0. The maximum absolute atomic E-state index is 9.50. The lowest BCUT2D eigenvalue weighted by Gasteiger charge is -1.88. The SMILES string of the molecule is CC(C)[N+](=O)[O-].C[N+](=O)[O-]. The number of hydrogen-bond donors (Lipinski definition) is 0. The fraction of sp³-hybridized carbons (Fsp3) is 1.00. The van der Waals surface area contributed by atoms with E-state index in [1.807, 2.05) is 0 Å². The first-order valence-electron chi connectivity index (χ1n) is 2.59. The Morgan fingerprint density at radius 3 is 1.30 bits per heavy atom. The third kappa shape index (κ3) is 29.2. The topological polar surface area (TPSA) is 86.3 Å². The van der Waals surface area contributed by atoms with Crippen molar-refractivity contribution in [3.05, 3.63) is 20.2 Å². The zero-order valence-corrected chi connectivity index (χ0v) is 6.10. The molecule has 0 saturated carbocycles. The minimum Gasteiger partial charge on any atom is -0.265 e. The van der Waals surface area contributed by atoms with Crippen LogP contribution in [0.25, 0.3) is 0 Å². The van der Waals surface area contributed by atoms with E-state index in [4.69, 9.17) is 10.1 Å². The van der Waals surface area contributed by atoms with Gasteiger partial charge in [0.15, 0.2) is 7.05 Å². The van der Waals surface area contributed by atoms with Gasteiger partial charge in [-0.25, -0.2) is 0 Å². The molecule has 60 valence electrons. The van der Waals surface area contributed by atoms with Gasteiger partial charge in [0, 0.05) is 23.7 Å². The van der Waals surface area contributed by atoms with Crippen molar-refractivity contribution in [2.45, 2.75) is 19.9 Å². The Morgan fingerprint density at radius 1 is 1.20 bits per heavy atom. The van der Waals surface area contributed by atoms with Crippen LogP contribution < -0.4 is 0 Å². The second kappa shape index (κ2) is 5.93. The number of nitro groups is 2. The van der Waals surface area contributed by atoms with E-state index in [-0.39, 0.29) is 4.92 Å². The summed E-state index contributed by atoms with van der Waals surface area (Å²) in [6, 6.07) is -0.426. The van der Waals surface area contributed by atoms with E-state index in [1.54, 1.807) is 13.8 Å². The first kappa shape index (κ1) is 11.6. The third-order valence-electron chi connectivity index (χ3n) is 0.422. The second-order valence-corrected chi connectivity index (χ2v) is 1.82. The maximum atomic E-state index is 9.50. The van der Waals surface area contributed by atoms with E-state index >= 15 is 0 Å². The minimum atomic E-state index is -0.500. The summed E-state index contributed by atoms with van der Waals surface area (Å²) >= 11 is 0. The molecule has 0 heterocycles. The molecule has 0 spiro atoms. The largest absolute Gasteiger partial charge is 0.265 e. The van der Waals surface area contributed by atoms with Gasteiger partial charge >= 0.3 is 0 Å². The molecule has 0 aliphatic heterocycles. The van der Waals surface area contributed by atoms with Crippen LogP contribution in [0.1, 0.15) is 13.8 Å². The van der Waals surface area contributed by atoms with Crippen LogP contribution in [0.2, 0.25) is 0 Å². The van der Waals surface area contributed by atoms with Crippen molar-refractivity contribution in [1.82, 2.24) is 0 Å². The number of hydrogen-bond acceptors (Lipinski definition) is 4. The van der Waals surface area contributed by atoms with Crippen molar-refractivity contribution in [2.75, 3.05) is 7.05 Å². The predicted octanol–water partition coefficient (Wildman–Crippen LogP) is 0.564. The normalized spacial score (nSPS) is 8.00. The maximum Gasteiger partial charge on any atom is 0.207 e. The summed E-state index contributed by atoms with van der Waals surface area (Å²) in [6.45, 7) is 3.08.